The number of hydrogen-bond acceptors (Lipinski definition) is 14. The number of rotatable bonds is 7. The average molecular weight is 645 g/mol. The van der Waals surface area contributed by atoms with Crippen molar-refractivity contribution in [2.75, 3.05) is 0 Å². The second kappa shape index (κ2) is 24.1. The van der Waals surface area contributed by atoms with Crippen molar-refractivity contribution in [2.24, 2.45) is 28.6 Å². The van der Waals surface area contributed by atoms with Crippen LogP contribution in [0.4, 0.5) is 0 Å². The molecule has 142 valence electrons. The van der Waals surface area contributed by atoms with Crippen LogP contribution in [0.1, 0.15) is 0 Å². The van der Waals surface area contributed by atoms with E-state index in [0.717, 1.165) is 0 Å². The fourth-order valence-corrected chi connectivity index (χ4v) is 3.41. The molecule has 0 N–H and O–H groups in total. The van der Waals surface area contributed by atoms with Crippen molar-refractivity contribution in [1.82, 2.24) is 0 Å². The Bertz CT molecular complexity index is 688. The fourth-order valence-electron chi connectivity index (χ4n) is 3.41. The number of carboxylic acid groups (broad SMARTS) is 7. The van der Waals surface area contributed by atoms with Gasteiger partial charge in [-0.2, -0.15) is 0 Å². The quantitative estimate of drug-likeness (QED) is 0.184. The predicted molar refractivity (Wildman–Crippen MR) is 50.4 cm³/mol. The standard InChI is InChI=1S/C12H10O14.7K/c13-4(14)1-2(5(15)16)12(9(23)24,10(25)26)3(6(17)18)11(1,7(19)20)8(21)22;;;;;;;/h1-3H,(H,13,14)(H,15,16)(H,17,18)(H,19,20)(H,21,22)(H,23,24)(H,25,26);;;;;;;/q;7*+1/p-7. The normalized spacial score (nSPS) is 20.3. The van der Waals surface area contributed by atoms with Crippen LogP contribution in [0.5, 0.6) is 0 Å². The third-order valence-electron chi connectivity index (χ3n) is 4.32. The zero-order valence-electron chi connectivity index (χ0n) is 18.9. The summed E-state index contributed by atoms with van der Waals surface area (Å²) in [5.74, 6) is -32.9. The summed E-state index contributed by atoms with van der Waals surface area (Å²) in [6.45, 7) is 0. The van der Waals surface area contributed by atoms with Crippen LogP contribution in [0, 0.1) is 28.6 Å². The van der Waals surface area contributed by atoms with Gasteiger partial charge in [0.1, 0.15) is 0 Å². The first kappa shape index (κ1) is 56.5. The minimum absolute atomic E-state index is 0. The van der Waals surface area contributed by atoms with E-state index in [2.05, 4.69) is 0 Å². The number of hydrogen-bond donors (Lipinski definition) is 0. The third kappa shape index (κ3) is 11.0. The van der Waals surface area contributed by atoms with Gasteiger partial charge in [-0.05, 0) is 0 Å². The number of carboxylic acids is 7. The molecule has 0 aliphatic heterocycles. The molecule has 0 saturated heterocycles. The van der Waals surface area contributed by atoms with E-state index in [1.807, 2.05) is 0 Å². The van der Waals surface area contributed by atoms with Crippen molar-refractivity contribution in [2.45, 2.75) is 0 Å². The monoisotopic (exact) mass is 644 g/mol. The second-order valence-electron chi connectivity index (χ2n) is 5.23. The van der Waals surface area contributed by atoms with E-state index in [1.165, 1.54) is 0 Å². The smallest absolute Gasteiger partial charge is 0.550 e. The van der Waals surface area contributed by atoms with Gasteiger partial charge in [0.2, 0.25) is 0 Å². The third-order valence-corrected chi connectivity index (χ3v) is 4.32. The summed E-state index contributed by atoms with van der Waals surface area (Å²) >= 11 is 0. The zero-order valence-corrected chi connectivity index (χ0v) is 40.8. The first-order valence-corrected chi connectivity index (χ1v) is 6.21. The second-order valence-corrected chi connectivity index (χ2v) is 5.23. The van der Waals surface area contributed by atoms with Crippen molar-refractivity contribution in [3.8, 4) is 0 Å². The molecule has 1 aliphatic carbocycles. The van der Waals surface area contributed by atoms with Crippen molar-refractivity contribution in [3.05, 3.63) is 0 Å². The van der Waals surface area contributed by atoms with Gasteiger partial charge in [0.25, 0.3) is 0 Å². The molecule has 0 radical (unpaired) electrons. The van der Waals surface area contributed by atoms with Crippen LogP contribution >= 0.6 is 0 Å². The molecule has 0 aromatic carbocycles. The molecular weight excluding hydrogens is 642 g/mol. The Balaban J connectivity index is -0.000000193. The Kier molecular flexibility index (Phi) is 41.3. The van der Waals surface area contributed by atoms with Gasteiger partial charge in [0, 0.05) is 35.7 Å². The summed E-state index contributed by atoms with van der Waals surface area (Å²) in [5.41, 5.74) is -9.11. The van der Waals surface area contributed by atoms with E-state index in [9.17, 15) is 69.3 Å². The Hall–Kier alpha value is 7.74. The Morgan fingerprint density at radius 3 is 0.667 bits per heavy atom. The van der Waals surface area contributed by atoms with Crippen LogP contribution in [-0.2, 0) is 33.6 Å². The Morgan fingerprint density at radius 2 is 0.576 bits per heavy atom. The molecule has 33 heavy (non-hydrogen) atoms. The maximum atomic E-state index is 11.3. The van der Waals surface area contributed by atoms with Crippen LogP contribution in [0.2, 0.25) is 0 Å². The molecule has 1 rings (SSSR count). The summed E-state index contributed by atoms with van der Waals surface area (Å²) < 4.78 is 0. The van der Waals surface area contributed by atoms with E-state index < -0.39 is 70.4 Å². The first-order valence-electron chi connectivity index (χ1n) is 6.21. The molecule has 2 unspecified atom stereocenters. The Morgan fingerprint density at radius 1 is 0.394 bits per heavy atom. The van der Waals surface area contributed by atoms with Crippen LogP contribution in [0.25, 0.3) is 0 Å². The van der Waals surface area contributed by atoms with Crippen LogP contribution in [-0.4, -0.2) is 41.8 Å². The molecular formula is C12H3K7O14. The molecule has 0 aromatic heterocycles. The Labute approximate surface area is 483 Å². The van der Waals surface area contributed by atoms with Crippen molar-refractivity contribution >= 4 is 41.8 Å². The average Bonchev–Trinajstić information content (AvgIpc) is 2.77. The minimum atomic E-state index is -4.55. The van der Waals surface area contributed by atoms with Gasteiger partial charge < -0.3 is 69.3 Å². The summed E-state index contributed by atoms with van der Waals surface area (Å²) in [5, 5.41) is 79.1. The van der Waals surface area contributed by atoms with Crippen molar-refractivity contribution < 1.29 is 429 Å². The van der Waals surface area contributed by atoms with Crippen LogP contribution in [0.15, 0.2) is 0 Å². The van der Waals surface area contributed by atoms with Gasteiger partial charge in [-0.25, -0.2) is 0 Å². The predicted octanol–water partition coefficient (Wildman–Crippen LogP) is -32.9. The maximum absolute atomic E-state index is 11.3. The van der Waals surface area contributed by atoms with E-state index in [1.54, 1.807) is 0 Å². The molecule has 1 aliphatic rings. The van der Waals surface area contributed by atoms with Crippen molar-refractivity contribution in [1.29, 1.82) is 0 Å². The van der Waals surface area contributed by atoms with Crippen molar-refractivity contribution in [3.63, 3.8) is 0 Å². The first-order chi connectivity index (χ1) is 11.7. The topological polar surface area (TPSA) is 281 Å². The van der Waals surface area contributed by atoms with E-state index in [-0.39, 0.29) is 360 Å². The maximum Gasteiger partial charge on any atom is 1.00 e. The fraction of sp³-hybridized carbons (Fsp3) is 0.417. The number of carbonyl (C=O) groups is 7. The summed E-state index contributed by atoms with van der Waals surface area (Å²) in [4.78, 5) is 79.1. The van der Waals surface area contributed by atoms with E-state index in [0.29, 0.717) is 0 Å². The molecule has 0 amide bonds. The zero-order chi connectivity index (χ0) is 20.8. The largest absolute Gasteiger partial charge is 1.00 e. The molecule has 14 nitrogen and oxygen atoms in total. The van der Waals surface area contributed by atoms with Gasteiger partial charge in [0.15, 0.2) is 0 Å². The van der Waals surface area contributed by atoms with Gasteiger partial charge in [-0.1, -0.05) is 0 Å². The van der Waals surface area contributed by atoms with E-state index in [4.69, 9.17) is 0 Å². The molecule has 0 spiro atoms. The molecule has 1 fully saturated rings. The number of carbonyl (C=O) groups excluding carboxylic acids is 7. The van der Waals surface area contributed by atoms with Crippen LogP contribution in [0.3, 0.4) is 0 Å². The summed E-state index contributed by atoms with van der Waals surface area (Å²) in [7, 11) is 0. The molecule has 1 saturated carbocycles. The molecule has 0 aromatic rings. The minimum Gasteiger partial charge on any atom is -0.550 e. The van der Waals surface area contributed by atoms with E-state index >= 15 is 0 Å². The SMILES string of the molecule is O=C([O-])C1C(C(=O)[O-])C(C(=O)[O-])(C(=O)[O-])C(C(=O)[O-])C1(C(=O)[O-])C(=O)[O-].[K+].[K+].[K+].[K+].[K+].[K+].[K+]. The van der Waals surface area contributed by atoms with Gasteiger partial charge in [-0.3, -0.25) is 0 Å². The van der Waals surface area contributed by atoms with Gasteiger partial charge in [0.05, 0.1) is 34.7 Å². The number of aliphatic carboxylic acids is 7. The van der Waals surface area contributed by atoms with Gasteiger partial charge in [-0.15, -0.1) is 0 Å². The summed E-state index contributed by atoms with van der Waals surface area (Å²) in [6, 6.07) is 0. The summed E-state index contributed by atoms with van der Waals surface area (Å²) in [6.07, 6.45) is 0. The molecule has 0 bridgehead atoms. The molecule has 0 heterocycles. The molecule has 2 atom stereocenters. The molecule has 21 heteroatoms. The van der Waals surface area contributed by atoms with Gasteiger partial charge >= 0.3 is 360 Å². The van der Waals surface area contributed by atoms with Crippen LogP contribution < -0.4 is 395 Å².